The minimum Gasteiger partial charge on any atom is -0.391 e. The van der Waals surface area contributed by atoms with Crippen LogP contribution >= 0.6 is 0 Å². The van der Waals surface area contributed by atoms with Gasteiger partial charge in [0.2, 0.25) is 0 Å². The molecule has 0 aliphatic carbocycles. The van der Waals surface area contributed by atoms with Crippen molar-refractivity contribution >= 4 is 22.6 Å². The number of nitrogen functional groups attached to an aromatic ring is 1. The monoisotopic (exact) mass is 474 g/mol. The summed E-state index contributed by atoms with van der Waals surface area (Å²) in [5.74, 6) is -0.00107. The summed E-state index contributed by atoms with van der Waals surface area (Å²) in [5.41, 5.74) is 8.16. The Kier molecular flexibility index (Phi) is 6.22. The van der Waals surface area contributed by atoms with Gasteiger partial charge < -0.3 is 20.5 Å². The molecule has 3 atom stereocenters. The van der Waals surface area contributed by atoms with Gasteiger partial charge in [0.05, 0.1) is 48.2 Å². The Balaban J connectivity index is 1.70. The lowest BCUT2D eigenvalue weighted by atomic mass is 9.99. The molecule has 3 heterocycles. The van der Waals surface area contributed by atoms with Gasteiger partial charge in [-0.3, -0.25) is 9.78 Å². The van der Waals surface area contributed by atoms with Crippen LogP contribution in [0.15, 0.2) is 36.5 Å². The normalized spacial score (nSPS) is 17.4. The molecule has 0 bridgehead atoms. The Bertz CT molecular complexity index is 1230. The van der Waals surface area contributed by atoms with E-state index in [9.17, 15) is 23.1 Å². The lowest BCUT2D eigenvalue weighted by molar-refractivity contribution is -0.137. The van der Waals surface area contributed by atoms with E-state index in [-0.39, 0.29) is 18.3 Å². The molecule has 0 saturated carbocycles. The summed E-state index contributed by atoms with van der Waals surface area (Å²) in [4.78, 5) is 23.2. The number of nitrogens with two attached hydrogens (primary N) is 1. The van der Waals surface area contributed by atoms with Crippen LogP contribution in [-0.4, -0.2) is 38.0 Å². The largest absolute Gasteiger partial charge is 0.417 e. The average Bonchev–Trinajstić information content (AvgIpc) is 3.18. The molecule has 0 saturated heterocycles. The van der Waals surface area contributed by atoms with Gasteiger partial charge in [-0.1, -0.05) is 0 Å². The first-order valence-corrected chi connectivity index (χ1v) is 10.8. The van der Waals surface area contributed by atoms with E-state index in [1.54, 1.807) is 32.0 Å². The van der Waals surface area contributed by atoms with Gasteiger partial charge in [-0.25, -0.2) is 4.98 Å². The highest BCUT2D eigenvalue weighted by atomic mass is 19.4. The molecule has 1 aromatic carbocycles. The number of alkyl halides is 3. The third kappa shape index (κ3) is 4.43. The third-order valence-corrected chi connectivity index (χ3v) is 6.23. The van der Waals surface area contributed by atoms with Crippen LogP contribution in [0.5, 0.6) is 0 Å². The van der Waals surface area contributed by atoms with Crippen molar-refractivity contribution in [2.45, 2.75) is 58.3 Å². The topological polar surface area (TPSA) is 102 Å². The number of carbonyl (C=O) groups is 1. The lowest BCUT2D eigenvalue weighted by Crippen LogP contribution is -2.44. The first-order valence-electron chi connectivity index (χ1n) is 10.8. The number of benzene rings is 1. The van der Waals surface area contributed by atoms with Crippen molar-refractivity contribution in [3.8, 4) is 0 Å². The van der Waals surface area contributed by atoms with Crippen LogP contribution in [0.1, 0.15) is 59.6 Å². The number of pyridine rings is 2. The molecule has 0 unspecified atom stereocenters. The predicted octanol–water partition coefficient (Wildman–Crippen LogP) is 4.23. The van der Waals surface area contributed by atoms with E-state index in [1.807, 2.05) is 6.92 Å². The van der Waals surface area contributed by atoms with Crippen molar-refractivity contribution < 1.29 is 27.8 Å². The number of ether oxygens (including phenoxy) is 1. The number of hydrogen-bond acceptors (Lipinski definition) is 6. The number of halogens is 3. The summed E-state index contributed by atoms with van der Waals surface area (Å²) in [6, 6.07) is 6.57. The number of nitrogens with zero attached hydrogens (tertiary/aromatic N) is 3. The molecule has 0 radical (unpaired) electrons. The molecule has 2 aromatic heterocycles. The maximum absolute atomic E-state index is 13.5. The zero-order chi connectivity index (χ0) is 24.8. The molecule has 3 aromatic rings. The van der Waals surface area contributed by atoms with Crippen LogP contribution in [-0.2, 0) is 24.1 Å². The fraction of sp³-hybridized carbons (Fsp3) is 0.375. The Morgan fingerprint density at radius 3 is 2.65 bits per heavy atom. The van der Waals surface area contributed by atoms with Gasteiger partial charge in [-0.05, 0) is 56.7 Å². The Morgan fingerprint density at radius 1 is 1.29 bits per heavy atom. The van der Waals surface area contributed by atoms with E-state index in [0.29, 0.717) is 23.5 Å². The quantitative estimate of drug-likeness (QED) is 0.574. The minimum absolute atomic E-state index is 0.0701. The molecule has 34 heavy (non-hydrogen) atoms. The molecule has 10 heteroatoms. The fourth-order valence-electron chi connectivity index (χ4n) is 4.09. The third-order valence-electron chi connectivity index (χ3n) is 6.23. The van der Waals surface area contributed by atoms with Crippen LogP contribution < -0.4 is 5.73 Å². The lowest BCUT2D eigenvalue weighted by Gasteiger charge is -2.31. The van der Waals surface area contributed by atoms with Crippen LogP contribution in [0, 0.1) is 0 Å². The molecule has 7 nitrogen and oxygen atoms in total. The maximum Gasteiger partial charge on any atom is 0.417 e. The summed E-state index contributed by atoms with van der Waals surface area (Å²) in [5, 5.41) is 10.9. The van der Waals surface area contributed by atoms with Crippen LogP contribution in [0.4, 0.5) is 19.0 Å². The van der Waals surface area contributed by atoms with E-state index in [0.717, 1.165) is 28.8 Å². The van der Waals surface area contributed by atoms with Gasteiger partial charge >= 0.3 is 6.18 Å². The van der Waals surface area contributed by atoms with E-state index >= 15 is 0 Å². The van der Waals surface area contributed by atoms with Crippen LogP contribution in [0.3, 0.4) is 0 Å². The highest BCUT2D eigenvalue weighted by molar-refractivity contribution is 5.99. The van der Waals surface area contributed by atoms with Crippen molar-refractivity contribution in [3.05, 3.63) is 64.5 Å². The number of hydrogen-bond donors (Lipinski definition) is 2. The van der Waals surface area contributed by atoms with Gasteiger partial charge in [-0.2, -0.15) is 13.2 Å². The van der Waals surface area contributed by atoms with Crippen LogP contribution in [0.2, 0.25) is 0 Å². The second kappa shape index (κ2) is 8.84. The van der Waals surface area contributed by atoms with Gasteiger partial charge in [0.15, 0.2) is 0 Å². The molecule has 1 aliphatic rings. The molecule has 1 amide bonds. The van der Waals surface area contributed by atoms with Crippen molar-refractivity contribution in [1.29, 1.82) is 0 Å². The Labute approximate surface area is 194 Å². The highest BCUT2D eigenvalue weighted by Gasteiger charge is 2.32. The molecule has 180 valence electrons. The fourth-order valence-corrected chi connectivity index (χ4v) is 4.09. The van der Waals surface area contributed by atoms with E-state index < -0.39 is 29.8 Å². The van der Waals surface area contributed by atoms with Crippen molar-refractivity contribution in [2.24, 2.45) is 0 Å². The summed E-state index contributed by atoms with van der Waals surface area (Å²) < 4.78 is 44.3. The second-order valence-corrected chi connectivity index (χ2v) is 8.52. The number of aromatic nitrogens is 2. The highest BCUT2D eigenvalue weighted by Crippen LogP contribution is 2.38. The number of anilines is 1. The molecule has 1 aliphatic heterocycles. The standard InChI is InChI=1S/C24H25F3N4O3/c1-12(13(2)32)31(10-17-6-5-16(9-29-17)24(25,26)27)23(33)15-4-7-20-18(8-15)19-11-34-14(3)21(19)22(28)30-20/h4-9,12-14,32H,10-11H2,1-3H3,(H2,28,30)/t12-,13+,14-/m0/s1. The number of rotatable bonds is 5. The zero-order valence-electron chi connectivity index (χ0n) is 18.9. The Hall–Kier alpha value is -3.24. The molecule has 4 rings (SSSR count). The average molecular weight is 474 g/mol. The number of aliphatic hydroxyl groups is 1. The van der Waals surface area contributed by atoms with E-state index in [4.69, 9.17) is 10.5 Å². The predicted molar refractivity (Wildman–Crippen MR) is 120 cm³/mol. The molecular weight excluding hydrogens is 449 g/mol. The van der Waals surface area contributed by atoms with Crippen molar-refractivity contribution in [2.75, 3.05) is 5.73 Å². The molecular formula is C24H25F3N4O3. The summed E-state index contributed by atoms with van der Waals surface area (Å²) in [7, 11) is 0. The van der Waals surface area contributed by atoms with Gasteiger partial charge in [-0.15, -0.1) is 0 Å². The van der Waals surface area contributed by atoms with Gasteiger partial charge in [0.25, 0.3) is 5.91 Å². The molecule has 0 fully saturated rings. The summed E-state index contributed by atoms with van der Waals surface area (Å²) in [6.07, 6.45) is -4.85. The SMILES string of the molecule is C[C@@H]1OCc2c1c(N)nc1ccc(C(=O)N(Cc3ccc(C(F)(F)F)cn3)[C@@H](C)[C@@H](C)O)cc21. The van der Waals surface area contributed by atoms with E-state index in [1.165, 1.54) is 11.0 Å². The van der Waals surface area contributed by atoms with Crippen molar-refractivity contribution in [3.63, 3.8) is 0 Å². The number of carbonyl (C=O) groups excluding carboxylic acids is 1. The number of fused-ring (bicyclic) bond motifs is 3. The molecule has 3 N–H and O–H groups in total. The molecule has 0 spiro atoms. The van der Waals surface area contributed by atoms with Crippen molar-refractivity contribution in [1.82, 2.24) is 14.9 Å². The summed E-state index contributed by atoms with van der Waals surface area (Å²) in [6.45, 7) is 5.38. The number of aliphatic hydroxyl groups excluding tert-OH is 1. The van der Waals surface area contributed by atoms with Crippen LogP contribution in [0.25, 0.3) is 10.9 Å². The minimum atomic E-state index is -4.50. The van der Waals surface area contributed by atoms with Gasteiger partial charge in [0.1, 0.15) is 5.82 Å². The smallest absolute Gasteiger partial charge is 0.391 e. The Morgan fingerprint density at radius 2 is 2.03 bits per heavy atom. The summed E-state index contributed by atoms with van der Waals surface area (Å²) >= 11 is 0. The second-order valence-electron chi connectivity index (χ2n) is 8.52. The first-order chi connectivity index (χ1) is 16.0. The first kappa shape index (κ1) is 23.9. The maximum atomic E-state index is 13.5. The zero-order valence-corrected chi connectivity index (χ0v) is 18.9. The van der Waals surface area contributed by atoms with E-state index in [2.05, 4.69) is 9.97 Å². The van der Waals surface area contributed by atoms with Gasteiger partial charge in [0, 0.05) is 22.7 Å². The number of amides is 1.